The maximum Gasteiger partial charge on any atom is 0.361 e. The summed E-state index contributed by atoms with van der Waals surface area (Å²) in [5.41, 5.74) is 1.32. The SMILES string of the molecule is CCOC(=O)c1n[nH]nc1-c1ccc(OC2CCCC2)c(OCC)c1. The van der Waals surface area contributed by atoms with Crippen LogP contribution in [0.25, 0.3) is 11.3 Å². The second kappa shape index (κ2) is 8.00. The molecule has 1 heterocycles. The van der Waals surface area contributed by atoms with Crippen LogP contribution in [-0.4, -0.2) is 40.7 Å². The van der Waals surface area contributed by atoms with Crippen molar-refractivity contribution in [3.63, 3.8) is 0 Å². The van der Waals surface area contributed by atoms with Crippen LogP contribution in [0.3, 0.4) is 0 Å². The maximum absolute atomic E-state index is 12.0. The number of rotatable bonds is 7. The number of aromatic amines is 1. The summed E-state index contributed by atoms with van der Waals surface area (Å²) in [6.07, 6.45) is 4.79. The molecule has 0 saturated heterocycles. The van der Waals surface area contributed by atoms with Gasteiger partial charge in [0.05, 0.1) is 19.3 Å². The Hall–Kier alpha value is -2.57. The lowest BCUT2D eigenvalue weighted by atomic mass is 10.1. The molecular formula is C18H23N3O4. The van der Waals surface area contributed by atoms with Crippen LogP contribution in [0, 0.1) is 0 Å². The maximum atomic E-state index is 12.0. The van der Waals surface area contributed by atoms with Gasteiger partial charge in [-0.05, 0) is 57.7 Å². The zero-order valence-corrected chi connectivity index (χ0v) is 14.6. The first kappa shape index (κ1) is 17.3. The molecule has 1 fully saturated rings. The fraction of sp³-hybridized carbons (Fsp3) is 0.500. The molecule has 7 heteroatoms. The third-order valence-electron chi connectivity index (χ3n) is 4.13. The third kappa shape index (κ3) is 3.92. The number of esters is 1. The molecule has 1 aliphatic carbocycles. The van der Waals surface area contributed by atoms with Gasteiger partial charge in [-0.15, -0.1) is 5.10 Å². The predicted molar refractivity (Wildman–Crippen MR) is 91.8 cm³/mol. The van der Waals surface area contributed by atoms with E-state index in [4.69, 9.17) is 14.2 Å². The number of H-pyrrole nitrogens is 1. The Morgan fingerprint density at radius 1 is 1.16 bits per heavy atom. The molecule has 3 rings (SSSR count). The lowest BCUT2D eigenvalue weighted by Gasteiger charge is -2.17. The molecular weight excluding hydrogens is 322 g/mol. The molecule has 0 amide bonds. The minimum atomic E-state index is -0.504. The van der Waals surface area contributed by atoms with Crippen molar-refractivity contribution in [1.82, 2.24) is 15.4 Å². The van der Waals surface area contributed by atoms with E-state index in [1.165, 1.54) is 12.8 Å². The average Bonchev–Trinajstić information content (AvgIpc) is 3.28. The van der Waals surface area contributed by atoms with Gasteiger partial charge >= 0.3 is 5.97 Å². The smallest absolute Gasteiger partial charge is 0.361 e. The van der Waals surface area contributed by atoms with E-state index in [-0.39, 0.29) is 18.4 Å². The summed E-state index contributed by atoms with van der Waals surface area (Å²) in [5, 5.41) is 10.5. The number of nitrogens with one attached hydrogen (secondary N) is 1. The van der Waals surface area contributed by atoms with Gasteiger partial charge < -0.3 is 14.2 Å². The molecule has 1 aromatic heterocycles. The lowest BCUT2D eigenvalue weighted by Crippen LogP contribution is -2.12. The summed E-state index contributed by atoms with van der Waals surface area (Å²) in [5.74, 6) is 0.860. The number of nitrogens with zero attached hydrogens (tertiary/aromatic N) is 2. The van der Waals surface area contributed by atoms with Crippen molar-refractivity contribution < 1.29 is 19.0 Å². The van der Waals surface area contributed by atoms with Crippen LogP contribution in [0.4, 0.5) is 0 Å². The first-order valence-corrected chi connectivity index (χ1v) is 8.74. The van der Waals surface area contributed by atoms with E-state index in [1.807, 2.05) is 25.1 Å². The standard InChI is InChI=1S/C18H23N3O4/c1-3-23-15-11-12(9-10-14(15)25-13-7-5-6-8-13)16-17(20-21-19-16)18(22)24-4-2/h9-11,13H,3-8H2,1-2H3,(H,19,20,21). The monoisotopic (exact) mass is 345 g/mol. The van der Waals surface area contributed by atoms with Crippen molar-refractivity contribution >= 4 is 5.97 Å². The zero-order chi connectivity index (χ0) is 17.6. The summed E-state index contributed by atoms with van der Waals surface area (Å²) in [4.78, 5) is 12.0. The topological polar surface area (TPSA) is 86.3 Å². The molecule has 0 radical (unpaired) electrons. The molecule has 1 aliphatic rings. The summed E-state index contributed by atoms with van der Waals surface area (Å²) in [6.45, 7) is 4.48. The van der Waals surface area contributed by atoms with Crippen molar-refractivity contribution in [2.45, 2.75) is 45.6 Å². The van der Waals surface area contributed by atoms with Crippen LogP contribution in [0.5, 0.6) is 11.5 Å². The highest BCUT2D eigenvalue weighted by Crippen LogP contribution is 2.35. The van der Waals surface area contributed by atoms with Gasteiger partial charge in [0.2, 0.25) is 0 Å². The Morgan fingerprint density at radius 3 is 2.68 bits per heavy atom. The van der Waals surface area contributed by atoms with Crippen molar-refractivity contribution in [2.24, 2.45) is 0 Å². The van der Waals surface area contributed by atoms with E-state index in [9.17, 15) is 4.79 Å². The molecule has 0 unspecified atom stereocenters. The minimum absolute atomic E-state index is 0.161. The van der Waals surface area contributed by atoms with Crippen molar-refractivity contribution in [3.05, 3.63) is 23.9 Å². The molecule has 7 nitrogen and oxygen atoms in total. The quantitative estimate of drug-likeness (QED) is 0.774. The van der Waals surface area contributed by atoms with Crippen molar-refractivity contribution in [3.8, 4) is 22.8 Å². The summed E-state index contributed by atoms with van der Waals surface area (Å²) in [7, 11) is 0. The van der Waals surface area contributed by atoms with Crippen LogP contribution in [0.2, 0.25) is 0 Å². The van der Waals surface area contributed by atoms with E-state index in [1.54, 1.807) is 6.92 Å². The second-order valence-corrected chi connectivity index (χ2v) is 5.86. The van der Waals surface area contributed by atoms with Crippen LogP contribution in [0.15, 0.2) is 18.2 Å². The summed E-state index contributed by atoms with van der Waals surface area (Å²) >= 11 is 0. The highest BCUT2D eigenvalue weighted by atomic mass is 16.5. The van der Waals surface area contributed by atoms with Gasteiger partial charge in [-0.1, -0.05) is 0 Å². The van der Waals surface area contributed by atoms with Gasteiger partial charge in [-0.2, -0.15) is 10.3 Å². The summed E-state index contributed by atoms with van der Waals surface area (Å²) < 4.78 is 16.8. The molecule has 0 spiro atoms. The third-order valence-corrected chi connectivity index (χ3v) is 4.13. The van der Waals surface area contributed by atoms with Gasteiger partial charge in [0.1, 0.15) is 5.69 Å². The van der Waals surface area contributed by atoms with E-state index in [2.05, 4.69) is 15.4 Å². The van der Waals surface area contributed by atoms with E-state index in [0.717, 1.165) is 24.2 Å². The molecule has 0 bridgehead atoms. The Bertz CT molecular complexity index is 723. The Morgan fingerprint density at radius 2 is 1.96 bits per heavy atom. The fourth-order valence-electron chi connectivity index (χ4n) is 2.98. The molecule has 1 saturated carbocycles. The number of carbonyl (C=O) groups is 1. The van der Waals surface area contributed by atoms with Gasteiger partial charge in [0.25, 0.3) is 0 Å². The van der Waals surface area contributed by atoms with Gasteiger partial charge in [-0.3, -0.25) is 0 Å². The fourth-order valence-corrected chi connectivity index (χ4v) is 2.98. The largest absolute Gasteiger partial charge is 0.490 e. The van der Waals surface area contributed by atoms with Crippen molar-refractivity contribution in [1.29, 1.82) is 0 Å². The highest BCUT2D eigenvalue weighted by molar-refractivity contribution is 5.94. The van der Waals surface area contributed by atoms with Gasteiger partial charge in [0.15, 0.2) is 17.2 Å². The number of hydrogen-bond donors (Lipinski definition) is 1. The van der Waals surface area contributed by atoms with Crippen LogP contribution in [-0.2, 0) is 4.74 Å². The summed E-state index contributed by atoms with van der Waals surface area (Å²) in [6, 6.07) is 5.55. The van der Waals surface area contributed by atoms with E-state index in [0.29, 0.717) is 18.1 Å². The van der Waals surface area contributed by atoms with Crippen LogP contribution in [0.1, 0.15) is 50.0 Å². The first-order chi connectivity index (χ1) is 12.2. The molecule has 134 valence electrons. The normalized spacial score (nSPS) is 14.5. The minimum Gasteiger partial charge on any atom is -0.490 e. The van der Waals surface area contributed by atoms with Crippen molar-refractivity contribution in [2.75, 3.05) is 13.2 Å². The van der Waals surface area contributed by atoms with Gasteiger partial charge in [0, 0.05) is 5.56 Å². The van der Waals surface area contributed by atoms with E-state index < -0.39 is 5.97 Å². The molecule has 1 N–H and O–H groups in total. The average molecular weight is 345 g/mol. The lowest BCUT2D eigenvalue weighted by molar-refractivity contribution is 0.0520. The highest BCUT2D eigenvalue weighted by Gasteiger charge is 2.22. The molecule has 0 atom stereocenters. The molecule has 0 aliphatic heterocycles. The van der Waals surface area contributed by atoms with Crippen LogP contribution < -0.4 is 9.47 Å². The zero-order valence-electron chi connectivity index (χ0n) is 14.6. The Kier molecular flexibility index (Phi) is 5.53. The molecule has 1 aromatic carbocycles. The number of aromatic nitrogens is 3. The van der Waals surface area contributed by atoms with Gasteiger partial charge in [-0.25, -0.2) is 4.79 Å². The van der Waals surface area contributed by atoms with Crippen LogP contribution >= 0.6 is 0 Å². The van der Waals surface area contributed by atoms with E-state index >= 15 is 0 Å². The molecule has 25 heavy (non-hydrogen) atoms. The Labute approximate surface area is 146 Å². The number of benzene rings is 1. The number of ether oxygens (including phenoxy) is 3. The molecule has 2 aromatic rings. The number of hydrogen-bond acceptors (Lipinski definition) is 6. The Balaban J connectivity index is 1.89. The first-order valence-electron chi connectivity index (χ1n) is 8.74. The predicted octanol–water partition coefficient (Wildman–Crippen LogP) is 3.37. The number of carbonyl (C=O) groups excluding carboxylic acids is 1. The second-order valence-electron chi connectivity index (χ2n) is 5.86.